The van der Waals surface area contributed by atoms with Gasteiger partial charge in [-0.25, -0.2) is 4.98 Å². The summed E-state index contributed by atoms with van der Waals surface area (Å²) in [4.78, 5) is 17.0. The minimum Gasteiger partial charge on any atom is -0.435 e. The van der Waals surface area contributed by atoms with Crippen LogP contribution in [0, 0.1) is 13.8 Å². The van der Waals surface area contributed by atoms with Crippen LogP contribution in [0.5, 0.6) is 0 Å². The number of carbonyl (C=O) groups excluding carboxylic acids is 1. The fourth-order valence-corrected chi connectivity index (χ4v) is 3.42. The molecule has 4 aromatic rings. The highest BCUT2D eigenvalue weighted by molar-refractivity contribution is 6.38. The van der Waals surface area contributed by atoms with E-state index in [2.05, 4.69) is 10.3 Å². The van der Waals surface area contributed by atoms with Crippen molar-refractivity contribution in [3.8, 4) is 11.5 Å². The van der Waals surface area contributed by atoms with E-state index in [4.69, 9.17) is 27.6 Å². The quantitative estimate of drug-likeness (QED) is 0.410. The number of aromatic nitrogens is 1. The minimum atomic E-state index is -0.173. The summed E-state index contributed by atoms with van der Waals surface area (Å²) in [5.74, 6) is 0.231. The van der Waals surface area contributed by atoms with E-state index in [0.29, 0.717) is 38.3 Å². The van der Waals surface area contributed by atoms with E-state index in [0.717, 1.165) is 16.7 Å². The van der Waals surface area contributed by atoms with Crippen molar-refractivity contribution < 1.29 is 9.21 Å². The van der Waals surface area contributed by atoms with Gasteiger partial charge in [0, 0.05) is 21.8 Å². The number of nitrogens with one attached hydrogen (secondary N) is 1. The van der Waals surface area contributed by atoms with E-state index in [-0.39, 0.29) is 5.91 Å². The number of rotatable bonds is 3. The van der Waals surface area contributed by atoms with Crippen LogP contribution in [0.4, 0.5) is 5.69 Å². The Balaban J connectivity index is 1.63. The Morgan fingerprint density at radius 3 is 2.61 bits per heavy atom. The predicted octanol–water partition coefficient (Wildman–Crippen LogP) is 6.67. The van der Waals surface area contributed by atoms with Gasteiger partial charge in [0.2, 0.25) is 5.89 Å². The zero-order valence-electron chi connectivity index (χ0n) is 15.2. The van der Waals surface area contributed by atoms with Crippen molar-refractivity contribution in [1.82, 2.24) is 4.98 Å². The zero-order chi connectivity index (χ0) is 19.8. The summed E-state index contributed by atoms with van der Waals surface area (Å²) in [7, 11) is 0. The molecule has 1 N–H and O–H groups in total. The van der Waals surface area contributed by atoms with Crippen molar-refractivity contribution in [2.75, 3.05) is 5.32 Å². The van der Waals surface area contributed by atoms with E-state index in [1.165, 1.54) is 0 Å². The zero-order valence-corrected chi connectivity index (χ0v) is 16.7. The van der Waals surface area contributed by atoms with Crippen molar-refractivity contribution in [1.29, 1.82) is 0 Å². The third-order valence-electron chi connectivity index (χ3n) is 4.55. The van der Waals surface area contributed by atoms with E-state index in [1.54, 1.807) is 18.2 Å². The maximum atomic E-state index is 12.6. The number of fused-ring (bicyclic) bond motifs is 1. The summed E-state index contributed by atoms with van der Waals surface area (Å²) in [6.07, 6.45) is 0. The third kappa shape index (κ3) is 3.61. The smallest absolute Gasteiger partial charge is 0.255 e. The number of carbonyl (C=O) groups is 1. The molecule has 0 spiro atoms. The first kappa shape index (κ1) is 18.5. The fraction of sp³-hybridized carbons (Fsp3) is 0.0909. The van der Waals surface area contributed by atoms with E-state index in [9.17, 15) is 4.79 Å². The van der Waals surface area contributed by atoms with Gasteiger partial charge in [0.25, 0.3) is 5.91 Å². The van der Waals surface area contributed by atoms with Crippen molar-refractivity contribution in [3.63, 3.8) is 0 Å². The van der Waals surface area contributed by atoms with Crippen LogP contribution in [0.1, 0.15) is 21.5 Å². The topological polar surface area (TPSA) is 55.1 Å². The predicted molar refractivity (Wildman–Crippen MR) is 113 cm³/mol. The fourth-order valence-electron chi connectivity index (χ4n) is 2.90. The number of oxazole rings is 1. The first-order chi connectivity index (χ1) is 13.4. The third-order valence-corrected chi connectivity index (χ3v) is 5.04. The molecule has 1 heterocycles. The Morgan fingerprint density at radius 1 is 1.00 bits per heavy atom. The highest BCUT2D eigenvalue weighted by Crippen LogP contribution is 2.32. The van der Waals surface area contributed by atoms with Crippen LogP contribution in [0.25, 0.3) is 22.6 Å². The summed E-state index contributed by atoms with van der Waals surface area (Å²) < 4.78 is 5.80. The number of amides is 1. The maximum absolute atomic E-state index is 12.6. The molecule has 0 saturated heterocycles. The molecule has 0 aliphatic rings. The Bertz CT molecular complexity index is 1210. The number of benzene rings is 3. The number of aryl methyl sites for hydroxylation is 2. The van der Waals surface area contributed by atoms with Gasteiger partial charge >= 0.3 is 0 Å². The van der Waals surface area contributed by atoms with Gasteiger partial charge in [0.05, 0.1) is 5.02 Å². The van der Waals surface area contributed by atoms with E-state index < -0.39 is 0 Å². The number of hydrogen-bond acceptors (Lipinski definition) is 3. The SMILES string of the molecule is Cc1ccc(C(=O)Nc2cccc(-c3nc4cc(Cl)cc(Cl)c4o3)c2)cc1C. The van der Waals surface area contributed by atoms with Crippen LogP contribution in [0.3, 0.4) is 0 Å². The molecule has 0 bridgehead atoms. The Hall–Kier alpha value is -2.82. The lowest BCUT2D eigenvalue weighted by atomic mass is 10.1. The molecule has 4 rings (SSSR count). The minimum absolute atomic E-state index is 0.173. The summed E-state index contributed by atoms with van der Waals surface area (Å²) in [5, 5.41) is 3.81. The van der Waals surface area contributed by atoms with Gasteiger partial charge in [0.15, 0.2) is 5.58 Å². The molecule has 0 unspecified atom stereocenters. The molecule has 1 aromatic heterocycles. The van der Waals surface area contributed by atoms with Gasteiger partial charge < -0.3 is 9.73 Å². The molecule has 140 valence electrons. The number of hydrogen-bond donors (Lipinski definition) is 1. The van der Waals surface area contributed by atoms with Crippen LogP contribution in [0.2, 0.25) is 10.0 Å². The normalized spacial score (nSPS) is 11.0. The lowest BCUT2D eigenvalue weighted by Crippen LogP contribution is -2.12. The molecule has 0 radical (unpaired) electrons. The van der Waals surface area contributed by atoms with E-state index >= 15 is 0 Å². The lowest BCUT2D eigenvalue weighted by Gasteiger charge is -2.08. The van der Waals surface area contributed by atoms with Gasteiger partial charge in [-0.2, -0.15) is 0 Å². The Labute approximate surface area is 172 Å². The van der Waals surface area contributed by atoms with Crippen LogP contribution >= 0.6 is 23.2 Å². The molecule has 1 amide bonds. The largest absolute Gasteiger partial charge is 0.435 e. The highest BCUT2D eigenvalue weighted by atomic mass is 35.5. The summed E-state index contributed by atoms with van der Waals surface area (Å²) >= 11 is 12.2. The number of halogens is 2. The van der Waals surface area contributed by atoms with Gasteiger partial charge in [-0.1, -0.05) is 35.3 Å². The monoisotopic (exact) mass is 410 g/mol. The molecule has 6 heteroatoms. The Morgan fingerprint density at radius 2 is 1.82 bits per heavy atom. The van der Waals surface area contributed by atoms with Crippen molar-refractivity contribution in [2.45, 2.75) is 13.8 Å². The van der Waals surface area contributed by atoms with Gasteiger partial charge in [0.1, 0.15) is 5.52 Å². The molecule has 3 aromatic carbocycles. The molecule has 0 saturated carbocycles. The first-order valence-electron chi connectivity index (χ1n) is 8.65. The average molecular weight is 411 g/mol. The first-order valence-corrected chi connectivity index (χ1v) is 9.41. The van der Waals surface area contributed by atoms with E-state index in [1.807, 2.05) is 50.2 Å². The highest BCUT2D eigenvalue weighted by Gasteiger charge is 2.13. The Kier molecular flexibility index (Phi) is 4.84. The van der Waals surface area contributed by atoms with Crippen molar-refractivity contribution in [2.24, 2.45) is 0 Å². The van der Waals surface area contributed by atoms with Gasteiger partial charge in [-0.15, -0.1) is 0 Å². The summed E-state index contributed by atoms with van der Waals surface area (Å²) in [6.45, 7) is 4.00. The second-order valence-electron chi connectivity index (χ2n) is 6.59. The summed E-state index contributed by atoms with van der Waals surface area (Å²) in [5.41, 5.74) is 5.25. The second-order valence-corrected chi connectivity index (χ2v) is 7.43. The van der Waals surface area contributed by atoms with Crippen molar-refractivity contribution >= 4 is 45.9 Å². The lowest BCUT2D eigenvalue weighted by molar-refractivity contribution is 0.102. The van der Waals surface area contributed by atoms with Gasteiger partial charge in [-0.05, 0) is 67.4 Å². The molecule has 0 fully saturated rings. The molecule has 0 aliphatic carbocycles. The molecule has 0 atom stereocenters. The van der Waals surface area contributed by atoms with Crippen LogP contribution in [-0.2, 0) is 0 Å². The second kappa shape index (κ2) is 7.30. The number of nitrogens with zero attached hydrogens (tertiary/aromatic N) is 1. The standard InChI is InChI=1S/C22H16Cl2N2O2/c1-12-6-7-14(8-13(12)2)21(27)25-17-5-3-4-15(9-17)22-26-19-11-16(23)10-18(24)20(19)28-22/h3-11H,1-2H3,(H,25,27). The molecule has 28 heavy (non-hydrogen) atoms. The van der Waals surface area contributed by atoms with Crippen LogP contribution in [-0.4, -0.2) is 10.9 Å². The molecule has 0 aliphatic heterocycles. The van der Waals surface area contributed by atoms with Crippen LogP contribution < -0.4 is 5.32 Å². The van der Waals surface area contributed by atoms with Crippen molar-refractivity contribution in [3.05, 3.63) is 81.3 Å². The summed E-state index contributed by atoms with van der Waals surface area (Å²) in [6, 6.07) is 16.2. The molecular formula is C22H16Cl2N2O2. The number of anilines is 1. The van der Waals surface area contributed by atoms with Gasteiger partial charge in [-0.3, -0.25) is 4.79 Å². The van der Waals surface area contributed by atoms with Crippen LogP contribution in [0.15, 0.2) is 59.0 Å². The average Bonchev–Trinajstić information content (AvgIpc) is 3.08. The molecule has 4 nitrogen and oxygen atoms in total. The maximum Gasteiger partial charge on any atom is 0.255 e. The molecular weight excluding hydrogens is 395 g/mol.